The predicted molar refractivity (Wildman–Crippen MR) is 101 cm³/mol. The van der Waals surface area contributed by atoms with E-state index in [0.29, 0.717) is 11.2 Å². The highest BCUT2D eigenvalue weighted by molar-refractivity contribution is 5.79. The van der Waals surface area contributed by atoms with E-state index in [1.807, 2.05) is 54.6 Å². The van der Waals surface area contributed by atoms with Crippen molar-refractivity contribution >= 4 is 16.6 Å². The molecule has 3 aromatic heterocycles. The van der Waals surface area contributed by atoms with Crippen molar-refractivity contribution < 1.29 is 4.39 Å². The topological polar surface area (TPSA) is 56.0 Å². The molecule has 0 fully saturated rings. The van der Waals surface area contributed by atoms with Gasteiger partial charge in [-0.25, -0.2) is 4.39 Å². The normalized spacial score (nSPS) is 12.5. The van der Waals surface area contributed by atoms with E-state index in [-0.39, 0.29) is 5.82 Å². The van der Waals surface area contributed by atoms with Crippen LogP contribution in [0.1, 0.15) is 17.6 Å². The Bertz CT molecular complexity index is 1250. The number of benzene rings is 2. The lowest BCUT2D eigenvalue weighted by Gasteiger charge is -2.08. The summed E-state index contributed by atoms with van der Waals surface area (Å²) in [5, 5.41) is 13.5. The van der Waals surface area contributed by atoms with Crippen LogP contribution in [0.25, 0.3) is 27.8 Å². The van der Waals surface area contributed by atoms with Crippen molar-refractivity contribution in [3.63, 3.8) is 0 Å². The first-order valence-corrected chi connectivity index (χ1v) is 8.56. The summed E-state index contributed by atoms with van der Waals surface area (Å²) >= 11 is 0. The predicted octanol–water partition coefficient (Wildman–Crippen LogP) is 4.40. The number of alkyl halides is 1. The quantitative estimate of drug-likeness (QED) is 0.481. The van der Waals surface area contributed by atoms with E-state index in [9.17, 15) is 0 Å². The average Bonchev–Trinajstić information content (AvgIpc) is 3.16. The highest BCUT2D eigenvalue weighted by atomic mass is 19.1. The summed E-state index contributed by atoms with van der Waals surface area (Å²) in [5.41, 5.74) is 3.51. The third-order valence-electron chi connectivity index (χ3n) is 4.50. The lowest BCUT2D eigenvalue weighted by molar-refractivity contribution is 0.377. The number of nitrogens with zero attached hydrogens (tertiary/aromatic N) is 5. The van der Waals surface area contributed by atoms with Gasteiger partial charge in [-0.05, 0) is 35.9 Å². The van der Waals surface area contributed by atoms with Gasteiger partial charge >= 0.3 is 0 Å². The molecule has 5 nitrogen and oxygen atoms in total. The van der Waals surface area contributed by atoms with Crippen molar-refractivity contribution in [2.75, 3.05) is 0 Å². The molecule has 0 aliphatic rings. The molecule has 0 unspecified atom stereocenters. The Morgan fingerprint density at radius 1 is 0.852 bits per heavy atom. The highest BCUT2D eigenvalue weighted by Crippen LogP contribution is 2.28. The molecule has 0 saturated carbocycles. The fraction of sp³-hybridized carbons (Fsp3) is 0.0476. The number of pyridine rings is 1. The maximum absolute atomic E-state index is 15.3. The Morgan fingerprint density at radius 2 is 1.74 bits per heavy atom. The summed E-state index contributed by atoms with van der Waals surface area (Å²) in [6, 6.07) is 22.5. The molecular formula is C21H14FN5. The van der Waals surface area contributed by atoms with Crippen LogP contribution in [-0.2, 0) is 0 Å². The first-order valence-electron chi connectivity index (χ1n) is 8.56. The summed E-state index contributed by atoms with van der Waals surface area (Å²) in [7, 11) is 0. The van der Waals surface area contributed by atoms with E-state index < -0.39 is 6.17 Å². The Hall–Kier alpha value is -3.67. The number of hydrogen-bond acceptors (Lipinski definition) is 4. The van der Waals surface area contributed by atoms with Crippen molar-refractivity contribution in [1.82, 2.24) is 24.8 Å². The summed E-state index contributed by atoms with van der Waals surface area (Å²) in [4.78, 5) is 4.27. The van der Waals surface area contributed by atoms with Gasteiger partial charge in [-0.2, -0.15) is 9.61 Å². The molecule has 6 heteroatoms. The molecule has 0 amide bonds. The van der Waals surface area contributed by atoms with Crippen LogP contribution in [0.3, 0.4) is 0 Å². The Balaban J connectivity index is 1.60. The molecule has 27 heavy (non-hydrogen) atoms. The van der Waals surface area contributed by atoms with E-state index >= 15 is 4.39 Å². The van der Waals surface area contributed by atoms with Gasteiger partial charge in [0, 0.05) is 17.1 Å². The van der Waals surface area contributed by atoms with Gasteiger partial charge in [0.25, 0.3) is 0 Å². The lowest BCUT2D eigenvalue weighted by atomic mass is 10.1. The zero-order chi connectivity index (χ0) is 18.2. The molecule has 0 bridgehead atoms. The molecule has 0 spiro atoms. The molecular weight excluding hydrogens is 341 g/mol. The van der Waals surface area contributed by atoms with Crippen LogP contribution >= 0.6 is 0 Å². The van der Waals surface area contributed by atoms with Gasteiger partial charge in [-0.3, -0.25) is 4.98 Å². The van der Waals surface area contributed by atoms with Crippen LogP contribution in [0.15, 0.2) is 79.0 Å². The molecule has 0 aliphatic carbocycles. The SMILES string of the molecule is F[C@@H](c1ccc2ncccc2c1)c1nnc2ccc(-c3ccccc3)nn12. The van der Waals surface area contributed by atoms with Gasteiger partial charge in [0.2, 0.25) is 0 Å². The number of halogens is 1. The van der Waals surface area contributed by atoms with Crippen LogP contribution < -0.4 is 0 Å². The third-order valence-corrected chi connectivity index (χ3v) is 4.50. The average molecular weight is 355 g/mol. The number of fused-ring (bicyclic) bond motifs is 2. The maximum atomic E-state index is 15.3. The van der Waals surface area contributed by atoms with Crippen molar-refractivity contribution in [3.8, 4) is 11.3 Å². The van der Waals surface area contributed by atoms with Gasteiger partial charge < -0.3 is 0 Å². The summed E-state index contributed by atoms with van der Waals surface area (Å²) in [6.45, 7) is 0. The molecule has 0 N–H and O–H groups in total. The van der Waals surface area contributed by atoms with Crippen LogP contribution in [0.5, 0.6) is 0 Å². The van der Waals surface area contributed by atoms with E-state index in [1.54, 1.807) is 24.4 Å². The van der Waals surface area contributed by atoms with Crippen molar-refractivity contribution in [3.05, 3.63) is 90.4 Å². The lowest BCUT2D eigenvalue weighted by Crippen LogP contribution is -2.05. The number of aromatic nitrogens is 5. The highest BCUT2D eigenvalue weighted by Gasteiger charge is 2.21. The number of rotatable bonds is 3. The van der Waals surface area contributed by atoms with Gasteiger partial charge in [0.1, 0.15) is 0 Å². The molecule has 3 heterocycles. The van der Waals surface area contributed by atoms with Crippen molar-refractivity contribution in [1.29, 1.82) is 0 Å². The van der Waals surface area contributed by atoms with Crippen LogP contribution in [-0.4, -0.2) is 24.8 Å². The number of hydrogen-bond donors (Lipinski definition) is 0. The third kappa shape index (κ3) is 2.71. The fourth-order valence-corrected chi connectivity index (χ4v) is 3.13. The maximum Gasteiger partial charge on any atom is 0.193 e. The Kier molecular flexibility index (Phi) is 3.60. The van der Waals surface area contributed by atoms with Gasteiger partial charge in [-0.1, -0.05) is 42.5 Å². The molecule has 5 aromatic rings. The molecule has 0 radical (unpaired) electrons. The van der Waals surface area contributed by atoms with E-state index in [4.69, 9.17) is 0 Å². The van der Waals surface area contributed by atoms with Crippen LogP contribution in [0.2, 0.25) is 0 Å². The van der Waals surface area contributed by atoms with Crippen LogP contribution in [0.4, 0.5) is 4.39 Å². The summed E-state index contributed by atoms with van der Waals surface area (Å²) < 4.78 is 16.8. The van der Waals surface area contributed by atoms with Crippen molar-refractivity contribution in [2.45, 2.75) is 6.17 Å². The smallest absolute Gasteiger partial charge is 0.193 e. The fourth-order valence-electron chi connectivity index (χ4n) is 3.13. The van der Waals surface area contributed by atoms with Crippen LogP contribution in [0, 0.1) is 0 Å². The van der Waals surface area contributed by atoms with Gasteiger partial charge in [0.05, 0.1) is 11.2 Å². The summed E-state index contributed by atoms with van der Waals surface area (Å²) in [6.07, 6.45) is 0.277. The Labute approximate surface area is 154 Å². The molecule has 0 saturated heterocycles. The zero-order valence-electron chi connectivity index (χ0n) is 14.2. The molecule has 0 aliphatic heterocycles. The first kappa shape index (κ1) is 15.6. The second-order valence-corrected chi connectivity index (χ2v) is 6.23. The minimum absolute atomic E-state index is 0.158. The second kappa shape index (κ2) is 6.25. The molecule has 2 aromatic carbocycles. The van der Waals surface area contributed by atoms with Gasteiger partial charge in [0.15, 0.2) is 17.6 Å². The van der Waals surface area contributed by atoms with Gasteiger partial charge in [-0.15, -0.1) is 10.2 Å². The molecule has 5 rings (SSSR count). The summed E-state index contributed by atoms with van der Waals surface area (Å²) in [5.74, 6) is 0.158. The van der Waals surface area contributed by atoms with Crippen molar-refractivity contribution in [2.24, 2.45) is 0 Å². The van der Waals surface area contributed by atoms with E-state index in [1.165, 1.54) is 4.52 Å². The first-order chi connectivity index (χ1) is 13.3. The largest absolute Gasteiger partial charge is 0.256 e. The monoisotopic (exact) mass is 355 g/mol. The standard InChI is InChI=1S/C21H14FN5/c22-20(16-8-9-17-15(13-16)7-4-12-23-17)21-25-24-19-11-10-18(26-27(19)21)14-5-2-1-3-6-14/h1-13,20H/t20-/m0/s1. The molecule has 1 atom stereocenters. The van der Waals surface area contributed by atoms with E-state index in [0.717, 1.165) is 22.2 Å². The second-order valence-electron chi connectivity index (χ2n) is 6.23. The minimum Gasteiger partial charge on any atom is -0.256 e. The minimum atomic E-state index is -1.44. The molecule has 130 valence electrons. The zero-order valence-corrected chi connectivity index (χ0v) is 14.2. The Morgan fingerprint density at radius 3 is 2.63 bits per heavy atom. The van der Waals surface area contributed by atoms with E-state index in [2.05, 4.69) is 20.3 Å².